The fourth-order valence-corrected chi connectivity index (χ4v) is 4.95. The smallest absolute Gasteiger partial charge is 0.155 e. The van der Waals surface area contributed by atoms with Crippen LogP contribution < -0.4 is 0 Å². The molecule has 0 aromatic carbocycles. The van der Waals surface area contributed by atoms with Crippen LogP contribution in [0, 0.1) is 17.8 Å². The van der Waals surface area contributed by atoms with Crippen molar-refractivity contribution in [2.75, 3.05) is 20.6 Å². The van der Waals surface area contributed by atoms with E-state index in [4.69, 9.17) is 0 Å². The van der Waals surface area contributed by atoms with Crippen LogP contribution in [-0.2, 0) is 4.79 Å². The molecular weight excluding hydrogens is 346 g/mol. The molecule has 0 amide bonds. The van der Waals surface area contributed by atoms with Gasteiger partial charge in [-0.15, -0.1) is 0 Å². The molecule has 0 aromatic heterocycles. The zero-order chi connectivity index (χ0) is 20.4. The van der Waals surface area contributed by atoms with E-state index in [2.05, 4.69) is 32.0 Å². The molecule has 1 fully saturated rings. The number of fused-ring (bicyclic) bond motifs is 1. The van der Waals surface area contributed by atoms with Crippen LogP contribution in [0.25, 0.3) is 0 Å². The number of aliphatic hydroxyl groups excluding tert-OH is 1. The Bertz CT molecular complexity index is 523. The monoisotopic (exact) mass is 389 g/mol. The first-order valence-electron chi connectivity index (χ1n) is 11.7. The lowest BCUT2D eigenvalue weighted by Gasteiger charge is -2.18. The molecule has 0 radical (unpaired) electrons. The summed E-state index contributed by atoms with van der Waals surface area (Å²) in [5.74, 6) is 1.43. The molecule has 0 saturated heterocycles. The summed E-state index contributed by atoms with van der Waals surface area (Å²) in [6.07, 6.45) is 19.6. The normalized spacial score (nSPS) is 27.0. The summed E-state index contributed by atoms with van der Waals surface area (Å²) in [6, 6.07) is 0. The Kier molecular flexibility index (Phi) is 10.5. The Balaban J connectivity index is 1.70. The number of allylic oxidation sites excluding steroid dienone is 3. The van der Waals surface area contributed by atoms with Crippen molar-refractivity contribution in [2.24, 2.45) is 17.8 Å². The number of hydrogen-bond donors (Lipinski definition) is 1. The largest absolute Gasteiger partial charge is 0.392 e. The van der Waals surface area contributed by atoms with Gasteiger partial charge in [0.25, 0.3) is 0 Å². The van der Waals surface area contributed by atoms with Gasteiger partial charge in [0.05, 0.1) is 6.10 Å². The fraction of sp³-hybridized carbons (Fsp3) is 0.800. The molecule has 2 aliphatic rings. The Hall–Kier alpha value is -0.930. The van der Waals surface area contributed by atoms with Gasteiger partial charge in [0.1, 0.15) is 0 Å². The van der Waals surface area contributed by atoms with Crippen molar-refractivity contribution in [3.63, 3.8) is 0 Å². The van der Waals surface area contributed by atoms with E-state index >= 15 is 0 Å². The maximum atomic E-state index is 12.2. The third kappa shape index (κ3) is 7.83. The van der Waals surface area contributed by atoms with Crippen LogP contribution in [0.1, 0.15) is 84.0 Å². The van der Waals surface area contributed by atoms with E-state index in [0.717, 1.165) is 25.7 Å². The molecule has 0 unspecified atom stereocenters. The van der Waals surface area contributed by atoms with E-state index in [0.29, 0.717) is 18.3 Å². The quantitative estimate of drug-likeness (QED) is 0.241. The molecule has 28 heavy (non-hydrogen) atoms. The highest BCUT2D eigenvalue weighted by Gasteiger charge is 2.43. The Morgan fingerprint density at radius 1 is 1.14 bits per heavy atom. The maximum Gasteiger partial charge on any atom is 0.155 e. The van der Waals surface area contributed by atoms with Gasteiger partial charge in [-0.1, -0.05) is 56.8 Å². The minimum absolute atomic E-state index is 0.163. The molecule has 4 atom stereocenters. The number of hydrogen-bond acceptors (Lipinski definition) is 3. The number of nitrogens with zero attached hydrogens (tertiary/aromatic N) is 1. The first-order chi connectivity index (χ1) is 13.5. The summed E-state index contributed by atoms with van der Waals surface area (Å²) < 4.78 is 0. The Morgan fingerprint density at radius 2 is 1.89 bits per heavy atom. The predicted octanol–water partition coefficient (Wildman–Crippen LogP) is 5.54. The Labute approximate surface area is 173 Å². The van der Waals surface area contributed by atoms with Gasteiger partial charge in [-0.3, -0.25) is 4.79 Å². The van der Waals surface area contributed by atoms with Crippen molar-refractivity contribution in [2.45, 2.75) is 90.1 Å². The lowest BCUT2D eigenvalue weighted by Crippen LogP contribution is -2.17. The lowest BCUT2D eigenvalue weighted by atomic mass is 9.88. The van der Waals surface area contributed by atoms with Crippen LogP contribution >= 0.6 is 0 Å². The molecule has 2 rings (SSSR count). The first kappa shape index (κ1) is 23.3. The van der Waals surface area contributed by atoms with Crippen LogP contribution in [0.4, 0.5) is 0 Å². The van der Waals surface area contributed by atoms with Crippen molar-refractivity contribution in [3.8, 4) is 0 Å². The summed E-state index contributed by atoms with van der Waals surface area (Å²) >= 11 is 0. The Morgan fingerprint density at radius 3 is 2.64 bits per heavy atom. The lowest BCUT2D eigenvalue weighted by molar-refractivity contribution is -0.114. The van der Waals surface area contributed by atoms with Gasteiger partial charge in [-0.05, 0) is 77.1 Å². The van der Waals surface area contributed by atoms with E-state index in [9.17, 15) is 9.90 Å². The van der Waals surface area contributed by atoms with Crippen LogP contribution in [0.5, 0.6) is 0 Å². The molecule has 0 spiro atoms. The highest BCUT2D eigenvalue weighted by molar-refractivity contribution is 5.89. The van der Waals surface area contributed by atoms with E-state index in [1.807, 2.05) is 6.08 Å². The number of aliphatic hydroxyl groups is 1. The SMILES string of the molecule is CCCCCCCC(=O)/C=C/[C@@H]1[C@H]2CC(CCCCCN(C)C)=C[C@H]2C[C@H]1O. The summed E-state index contributed by atoms with van der Waals surface area (Å²) in [4.78, 5) is 14.4. The standard InChI is InChI=1S/C25H43NO2/c1-4-5-6-7-10-13-22(27)14-15-23-24-18-20(17-21(24)19-25(23)28)12-9-8-11-16-26(2)3/h14-15,17,21,23-25,28H,4-13,16,18-19H2,1-3H3/b15-14+/t21-,23+,24-,25+/m0/s1. The van der Waals surface area contributed by atoms with E-state index in [-0.39, 0.29) is 17.8 Å². The molecule has 3 nitrogen and oxygen atoms in total. The molecule has 1 saturated carbocycles. The predicted molar refractivity (Wildman–Crippen MR) is 118 cm³/mol. The molecule has 0 heterocycles. The number of ketones is 1. The van der Waals surface area contributed by atoms with Crippen LogP contribution in [0.3, 0.4) is 0 Å². The average Bonchev–Trinajstić information content (AvgIpc) is 3.15. The van der Waals surface area contributed by atoms with Gasteiger partial charge in [-0.25, -0.2) is 0 Å². The molecule has 2 aliphatic carbocycles. The zero-order valence-electron chi connectivity index (χ0n) is 18.5. The number of rotatable bonds is 14. The zero-order valence-corrected chi connectivity index (χ0v) is 18.5. The molecule has 0 aliphatic heterocycles. The second-order valence-corrected chi connectivity index (χ2v) is 9.34. The fourth-order valence-electron chi connectivity index (χ4n) is 4.95. The van der Waals surface area contributed by atoms with Crippen LogP contribution in [-0.4, -0.2) is 42.5 Å². The molecular formula is C25H43NO2. The third-order valence-electron chi connectivity index (χ3n) is 6.58. The minimum Gasteiger partial charge on any atom is -0.392 e. The summed E-state index contributed by atoms with van der Waals surface area (Å²) in [5, 5.41) is 10.5. The van der Waals surface area contributed by atoms with Gasteiger partial charge in [-0.2, -0.15) is 0 Å². The van der Waals surface area contributed by atoms with Gasteiger partial charge in [0.2, 0.25) is 0 Å². The van der Waals surface area contributed by atoms with Gasteiger partial charge < -0.3 is 10.0 Å². The van der Waals surface area contributed by atoms with Crippen molar-refractivity contribution in [1.82, 2.24) is 4.90 Å². The number of carbonyl (C=O) groups is 1. The van der Waals surface area contributed by atoms with E-state index < -0.39 is 0 Å². The summed E-state index contributed by atoms with van der Waals surface area (Å²) in [6.45, 7) is 3.39. The second kappa shape index (κ2) is 12.6. The molecule has 0 bridgehead atoms. The maximum absolute atomic E-state index is 12.2. The van der Waals surface area contributed by atoms with Crippen LogP contribution in [0.15, 0.2) is 23.8 Å². The van der Waals surface area contributed by atoms with Crippen molar-refractivity contribution in [1.29, 1.82) is 0 Å². The number of unbranched alkanes of at least 4 members (excludes halogenated alkanes) is 6. The molecule has 0 aromatic rings. The van der Waals surface area contributed by atoms with E-state index in [1.165, 1.54) is 51.5 Å². The summed E-state index contributed by atoms with van der Waals surface area (Å²) in [5.41, 5.74) is 1.59. The van der Waals surface area contributed by atoms with Gasteiger partial charge >= 0.3 is 0 Å². The summed E-state index contributed by atoms with van der Waals surface area (Å²) in [7, 11) is 4.27. The highest BCUT2D eigenvalue weighted by atomic mass is 16.3. The third-order valence-corrected chi connectivity index (χ3v) is 6.58. The van der Waals surface area contributed by atoms with Gasteiger partial charge in [0.15, 0.2) is 5.78 Å². The molecule has 3 heteroatoms. The highest BCUT2D eigenvalue weighted by Crippen LogP contribution is 2.48. The molecule has 160 valence electrons. The topological polar surface area (TPSA) is 40.5 Å². The van der Waals surface area contributed by atoms with Crippen molar-refractivity contribution in [3.05, 3.63) is 23.8 Å². The van der Waals surface area contributed by atoms with E-state index in [1.54, 1.807) is 11.6 Å². The molecule has 1 N–H and O–H groups in total. The minimum atomic E-state index is -0.276. The first-order valence-corrected chi connectivity index (χ1v) is 11.7. The van der Waals surface area contributed by atoms with Crippen molar-refractivity contribution < 1.29 is 9.90 Å². The van der Waals surface area contributed by atoms with Gasteiger partial charge in [0, 0.05) is 12.3 Å². The van der Waals surface area contributed by atoms with Crippen molar-refractivity contribution >= 4 is 5.78 Å². The second-order valence-electron chi connectivity index (χ2n) is 9.34. The average molecular weight is 390 g/mol. The van der Waals surface area contributed by atoms with Crippen LogP contribution in [0.2, 0.25) is 0 Å². The number of carbonyl (C=O) groups excluding carboxylic acids is 1.